The summed E-state index contributed by atoms with van der Waals surface area (Å²) in [6.45, 7) is 6.00. The second-order valence-corrected chi connectivity index (χ2v) is 15.3. The van der Waals surface area contributed by atoms with Crippen molar-refractivity contribution in [1.82, 2.24) is 20.6 Å². The number of aryl methyl sites for hydroxylation is 1. The van der Waals surface area contributed by atoms with E-state index in [1.54, 1.807) is 54.6 Å². The Morgan fingerprint density at radius 1 is 0.823 bits per heavy atom. The summed E-state index contributed by atoms with van der Waals surface area (Å²) in [5, 5.41) is 29.0. The Balaban J connectivity index is 0.831. The van der Waals surface area contributed by atoms with E-state index in [1.165, 1.54) is 12.1 Å². The summed E-state index contributed by atoms with van der Waals surface area (Å²) >= 11 is 0. The van der Waals surface area contributed by atoms with E-state index in [0.717, 1.165) is 45.5 Å². The lowest BCUT2D eigenvalue weighted by atomic mass is 9.90. The predicted octanol–water partition coefficient (Wildman–Crippen LogP) is 8.29. The number of aromatic hydroxyl groups is 2. The number of hydrogen-bond acceptors (Lipinski definition) is 10. The lowest BCUT2D eigenvalue weighted by Gasteiger charge is -2.18. The van der Waals surface area contributed by atoms with Crippen molar-refractivity contribution in [3.63, 3.8) is 0 Å². The van der Waals surface area contributed by atoms with E-state index in [9.17, 15) is 28.6 Å². The Morgan fingerprint density at radius 3 is 2.26 bits per heavy atom. The largest absolute Gasteiger partial charge is 0.586 e. The predicted molar refractivity (Wildman–Crippen MR) is 229 cm³/mol. The number of aromatic nitrogens is 2. The van der Waals surface area contributed by atoms with Gasteiger partial charge in [-0.1, -0.05) is 55.5 Å². The highest BCUT2D eigenvalue weighted by molar-refractivity contribution is 6.01. The van der Waals surface area contributed by atoms with Crippen LogP contribution in [0.1, 0.15) is 52.5 Å². The number of fused-ring (bicyclic) bond motifs is 1. The molecule has 0 radical (unpaired) electrons. The summed E-state index contributed by atoms with van der Waals surface area (Å²) in [4.78, 5) is 36.3. The van der Waals surface area contributed by atoms with Gasteiger partial charge in [0.2, 0.25) is 5.91 Å². The molecule has 8 rings (SSSR count). The molecule has 1 saturated carbocycles. The smallest absolute Gasteiger partial charge is 0.508 e. The number of halogens is 2. The number of carbonyl (C=O) groups excluding carboxylic acids is 2. The average Bonchev–Trinajstić information content (AvgIpc) is 4.02. The molecule has 1 aliphatic heterocycles. The van der Waals surface area contributed by atoms with Gasteiger partial charge in [0.1, 0.15) is 17.3 Å². The van der Waals surface area contributed by atoms with Crippen molar-refractivity contribution < 1.29 is 42.8 Å². The first kappa shape index (κ1) is 41.8. The number of phenolic OH excluding ortho intramolecular Hbond substituents is 2. The van der Waals surface area contributed by atoms with Gasteiger partial charge < -0.3 is 40.4 Å². The van der Waals surface area contributed by atoms with Gasteiger partial charge >= 0.3 is 6.29 Å². The monoisotopic (exact) mass is 841 g/mol. The number of alkyl halides is 2. The first-order valence-corrected chi connectivity index (χ1v) is 20.4. The van der Waals surface area contributed by atoms with Crippen LogP contribution in [0.2, 0.25) is 0 Å². The average molecular weight is 842 g/mol. The molecule has 14 heteroatoms. The molecule has 0 bridgehead atoms. The molecule has 0 atom stereocenters. The van der Waals surface area contributed by atoms with Crippen LogP contribution in [0, 0.1) is 6.92 Å². The zero-order valence-electron chi connectivity index (χ0n) is 34.1. The minimum absolute atomic E-state index is 0.0814. The number of pyridine rings is 2. The maximum absolute atomic E-state index is 13.6. The lowest BCUT2D eigenvalue weighted by molar-refractivity contribution is -0.286. The van der Waals surface area contributed by atoms with E-state index in [4.69, 9.17) is 14.7 Å². The van der Waals surface area contributed by atoms with Crippen LogP contribution in [0.5, 0.6) is 23.0 Å². The molecular formula is C48H45F2N5O7. The zero-order chi connectivity index (χ0) is 43.4. The minimum atomic E-state index is -3.75. The molecule has 6 aromatic rings. The number of amides is 2. The normalized spacial score (nSPS) is 14.3. The summed E-state index contributed by atoms with van der Waals surface area (Å²) in [6.07, 6.45) is -0.0717. The van der Waals surface area contributed by atoms with Gasteiger partial charge in [0.05, 0.1) is 30.0 Å². The number of benzene rings is 4. The first-order chi connectivity index (χ1) is 29.9. The van der Waals surface area contributed by atoms with E-state index in [-0.39, 0.29) is 34.8 Å². The Morgan fingerprint density at radius 2 is 1.53 bits per heavy atom. The number of hydrogen-bond donors (Lipinski definition) is 5. The van der Waals surface area contributed by atoms with Crippen LogP contribution in [-0.2, 0) is 27.9 Å². The molecule has 0 spiro atoms. The van der Waals surface area contributed by atoms with Crippen molar-refractivity contribution in [3.05, 3.63) is 137 Å². The highest BCUT2D eigenvalue weighted by Crippen LogP contribution is 2.52. The molecule has 1 fully saturated rings. The van der Waals surface area contributed by atoms with E-state index in [1.807, 2.05) is 49.5 Å². The third kappa shape index (κ3) is 9.06. The molecule has 4 aromatic carbocycles. The van der Waals surface area contributed by atoms with Gasteiger partial charge in [0.15, 0.2) is 11.5 Å². The number of phenols is 2. The standard InChI is InChI=1S/C48H45F2N5O7/c1-3-37-38(30-8-13-35(56)14-9-30)27-53-39(43(37)31-10-15-36(57)16-11-31)28-51-21-23-60-24-22-52-45(58)33-6-4-5-32(25-33)44-29(2)7-18-42(54-44)55-46(59)47(19-20-47)34-12-17-40-41(26-34)62-48(49,50)61-40/h4-18,25-27,51,56-57H,3,19-24,28H2,1-2H3,(H,52,58)(H,54,55,59). The maximum Gasteiger partial charge on any atom is 0.586 e. The Hall–Kier alpha value is -6.90. The van der Waals surface area contributed by atoms with Crippen molar-refractivity contribution >= 4 is 17.6 Å². The van der Waals surface area contributed by atoms with Crippen LogP contribution in [-0.4, -0.2) is 64.6 Å². The quantitative estimate of drug-likeness (QED) is 0.0600. The van der Waals surface area contributed by atoms with Crippen LogP contribution in [0.3, 0.4) is 0 Å². The molecule has 62 heavy (non-hydrogen) atoms. The van der Waals surface area contributed by atoms with Crippen molar-refractivity contribution in [3.8, 4) is 56.5 Å². The first-order valence-electron chi connectivity index (χ1n) is 20.4. The zero-order valence-corrected chi connectivity index (χ0v) is 34.1. The topological polar surface area (TPSA) is 164 Å². The third-order valence-electron chi connectivity index (χ3n) is 11.1. The van der Waals surface area contributed by atoms with Crippen LogP contribution >= 0.6 is 0 Å². The van der Waals surface area contributed by atoms with Gasteiger partial charge in [-0.3, -0.25) is 14.6 Å². The molecule has 2 aromatic heterocycles. The van der Waals surface area contributed by atoms with Crippen molar-refractivity contribution in [2.24, 2.45) is 0 Å². The van der Waals surface area contributed by atoms with Crippen molar-refractivity contribution in [2.45, 2.75) is 51.4 Å². The molecular weight excluding hydrogens is 797 g/mol. The fraction of sp³-hybridized carbons (Fsp3) is 0.250. The summed E-state index contributed by atoms with van der Waals surface area (Å²) in [5.74, 6) is -0.0844. The highest BCUT2D eigenvalue weighted by Gasteiger charge is 2.53. The summed E-state index contributed by atoms with van der Waals surface area (Å²) in [7, 11) is 0. The number of anilines is 1. The van der Waals surface area contributed by atoms with Gasteiger partial charge in [0, 0.05) is 48.1 Å². The fourth-order valence-corrected chi connectivity index (χ4v) is 7.70. The van der Waals surface area contributed by atoms with Crippen LogP contribution < -0.4 is 25.4 Å². The van der Waals surface area contributed by atoms with E-state index in [0.29, 0.717) is 73.9 Å². The highest BCUT2D eigenvalue weighted by atomic mass is 19.3. The molecule has 5 N–H and O–H groups in total. The molecule has 3 heterocycles. The van der Waals surface area contributed by atoms with Crippen molar-refractivity contribution in [2.75, 3.05) is 31.6 Å². The number of rotatable bonds is 16. The Labute approximate surface area is 356 Å². The van der Waals surface area contributed by atoms with Gasteiger partial charge in [-0.25, -0.2) is 4.98 Å². The second-order valence-electron chi connectivity index (χ2n) is 15.3. The minimum Gasteiger partial charge on any atom is -0.508 e. The number of nitrogens with one attached hydrogen (secondary N) is 3. The van der Waals surface area contributed by atoms with Gasteiger partial charge in [0.25, 0.3) is 5.91 Å². The molecule has 2 amide bonds. The number of nitrogens with zero attached hydrogens (tertiary/aromatic N) is 2. The maximum atomic E-state index is 13.6. The van der Waals surface area contributed by atoms with E-state index >= 15 is 0 Å². The second kappa shape index (κ2) is 17.6. The van der Waals surface area contributed by atoms with Gasteiger partial charge in [-0.15, -0.1) is 8.78 Å². The van der Waals surface area contributed by atoms with E-state index in [2.05, 4.69) is 32.3 Å². The van der Waals surface area contributed by atoms with E-state index < -0.39 is 11.7 Å². The number of ether oxygens (including phenoxy) is 3. The van der Waals surface area contributed by atoms with Gasteiger partial charge in [-0.05, 0) is 109 Å². The Bertz CT molecular complexity index is 2620. The van der Waals surface area contributed by atoms with Crippen molar-refractivity contribution in [1.29, 1.82) is 0 Å². The lowest BCUT2D eigenvalue weighted by Crippen LogP contribution is -2.28. The fourth-order valence-electron chi connectivity index (χ4n) is 7.70. The molecule has 12 nitrogen and oxygen atoms in total. The molecule has 1 aliphatic carbocycles. The molecule has 2 aliphatic rings. The molecule has 0 saturated heterocycles. The summed E-state index contributed by atoms with van der Waals surface area (Å²) in [6, 6.07) is 29.2. The summed E-state index contributed by atoms with van der Waals surface area (Å²) in [5.41, 5.74) is 8.02. The number of carbonyl (C=O) groups is 2. The summed E-state index contributed by atoms with van der Waals surface area (Å²) < 4.78 is 42.2. The molecule has 0 unspecified atom stereocenters. The van der Waals surface area contributed by atoms with Crippen LogP contribution in [0.4, 0.5) is 14.6 Å². The van der Waals surface area contributed by atoms with Gasteiger partial charge in [-0.2, -0.15) is 0 Å². The molecule has 318 valence electrons. The van der Waals surface area contributed by atoms with Crippen LogP contribution in [0.15, 0.2) is 109 Å². The van der Waals surface area contributed by atoms with Crippen LogP contribution in [0.25, 0.3) is 33.5 Å². The SMILES string of the molecule is CCc1c(-c2ccc(O)cc2)cnc(CNCCOCCNC(=O)c2cccc(-c3nc(NC(=O)C4(c5ccc6c(c5)OC(F)(F)O6)CC4)ccc3C)c2)c1-c1ccc(O)cc1. The Kier molecular flexibility index (Phi) is 11.9. The third-order valence-corrected chi connectivity index (χ3v) is 11.1.